The largest absolute Gasteiger partial charge is 0.466 e. The number of carbonyl (C=O) groups is 2. The maximum absolute atomic E-state index is 12.6. The number of carbonyl (C=O) groups excluding carboxylic acids is 2. The van der Waals surface area contributed by atoms with Crippen LogP contribution in [0.2, 0.25) is 0 Å². The van der Waals surface area contributed by atoms with Crippen LogP contribution in [0.25, 0.3) is 0 Å². The van der Waals surface area contributed by atoms with Gasteiger partial charge in [0.2, 0.25) is 0 Å². The van der Waals surface area contributed by atoms with E-state index < -0.39 is 0 Å². The van der Waals surface area contributed by atoms with Crippen LogP contribution in [0.15, 0.2) is 0 Å². The zero-order valence-electron chi connectivity index (χ0n) is 28.3. The van der Waals surface area contributed by atoms with E-state index in [0.29, 0.717) is 48.2 Å². The summed E-state index contributed by atoms with van der Waals surface area (Å²) in [5, 5.41) is 3.45. The van der Waals surface area contributed by atoms with Crippen LogP contribution in [0.1, 0.15) is 133 Å². The Morgan fingerprint density at radius 3 is 2.27 bits per heavy atom. The summed E-state index contributed by atoms with van der Waals surface area (Å²) in [5.74, 6) is 2.82. The standard InChI is InChI=1S/C36H63NO4/c1-11-40-30(39)16-22-37-21-12-17-32(4,5)26-14-19-36(10)31(26)27(41-25(3)38)23-29-34(8)18-13-24(2)33(6,7)28(34)15-20-35(29,36)9/h24,26-29,31,37H,11-23H2,1-10H3/t24-,26?,27?,28?,29?,31-,34-,35+,36+/m0/s1. The van der Waals surface area contributed by atoms with Crippen LogP contribution in [0.3, 0.4) is 0 Å². The molecule has 4 unspecified atom stereocenters. The summed E-state index contributed by atoms with van der Waals surface area (Å²) in [6, 6.07) is 0. The van der Waals surface area contributed by atoms with Crippen molar-refractivity contribution in [2.24, 2.45) is 56.7 Å². The zero-order valence-corrected chi connectivity index (χ0v) is 28.3. The topological polar surface area (TPSA) is 64.6 Å². The van der Waals surface area contributed by atoms with Crippen LogP contribution in [-0.2, 0) is 19.1 Å². The van der Waals surface area contributed by atoms with Gasteiger partial charge >= 0.3 is 11.9 Å². The molecule has 4 rings (SSSR count). The number of nitrogens with one attached hydrogen (secondary N) is 1. The molecule has 0 aromatic rings. The summed E-state index contributed by atoms with van der Waals surface area (Å²) in [6.07, 6.45) is 11.5. The van der Waals surface area contributed by atoms with Gasteiger partial charge in [0.25, 0.3) is 0 Å². The molecule has 4 aliphatic carbocycles. The number of ether oxygens (including phenoxy) is 2. The third-order valence-electron chi connectivity index (χ3n) is 14.2. The third kappa shape index (κ3) is 5.64. The lowest BCUT2D eigenvalue weighted by molar-refractivity contribution is -0.242. The summed E-state index contributed by atoms with van der Waals surface area (Å²) in [5.41, 5.74) is 1.27. The highest BCUT2D eigenvalue weighted by Gasteiger charge is 2.71. The van der Waals surface area contributed by atoms with E-state index in [1.807, 2.05) is 6.92 Å². The number of esters is 2. The van der Waals surface area contributed by atoms with Crippen LogP contribution in [0, 0.1) is 56.7 Å². The Balaban J connectivity index is 1.54. The summed E-state index contributed by atoms with van der Waals surface area (Å²) in [7, 11) is 0. The van der Waals surface area contributed by atoms with Gasteiger partial charge in [-0.15, -0.1) is 0 Å². The summed E-state index contributed by atoms with van der Waals surface area (Å²) in [6.45, 7) is 25.9. The third-order valence-corrected chi connectivity index (χ3v) is 14.2. The van der Waals surface area contributed by atoms with Crippen molar-refractivity contribution in [3.05, 3.63) is 0 Å². The Morgan fingerprint density at radius 2 is 1.61 bits per heavy atom. The Morgan fingerprint density at radius 1 is 0.927 bits per heavy atom. The molecule has 1 N–H and O–H groups in total. The maximum Gasteiger partial charge on any atom is 0.307 e. The van der Waals surface area contributed by atoms with Crippen LogP contribution in [0.5, 0.6) is 0 Å². The van der Waals surface area contributed by atoms with E-state index in [0.717, 1.165) is 37.6 Å². The molecule has 4 saturated carbocycles. The van der Waals surface area contributed by atoms with E-state index in [2.05, 4.69) is 60.7 Å². The molecular weight excluding hydrogens is 510 g/mol. The smallest absolute Gasteiger partial charge is 0.307 e. The minimum Gasteiger partial charge on any atom is -0.466 e. The first-order valence-corrected chi connectivity index (χ1v) is 17.1. The van der Waals surface area contributed by atoms with Gasteiger partial charge in [0.1, 0.15) is 6.10 Å². The average molecular weight is 574 g/mol. The van der Waals surface area contributed by atoms with E-state index in [1.54, 1.807) is 6.92 Å². The van der Waals surface area contributed by atoms with Crippen molar-refractivity contribution in [1.82, 2.24) is 5.32 Å². The van der Waals surface area contributed by atoms with Crippen LogP contribution in [0.4, 0.5) is 0 Å². The second kappa shape index (κ2) is 11.8. The monoisotopic (exact) mass is 573 g/mol. The first-order chi connectivity index (χ1) is 19.0. The number of hydrogen-bond donors (Lipinski definition) is 1. The average Bonchev–Trinajstić information content (AvgIpc) is 3.25. The fourth-order valence-electron chi connectivity index (χ4n) is 11.5. The van der Waals surface area contributed by atoms with Crippen molar-refractivity contribution in [3.63, 3.8) is 0 Å². The van der Waals surface area contributed by atoms with Gasteiger partial charge in [-0.25, -0.2) is 0 Å². The van der Waals surface area contributed by atoms with Gasteiger partial charge in [0.15, 0.2) is 0 Å². The molecular formula is C36H63NO4. The molecule has 0 radical (unpaired) electrons. The molecule has 0 saturated heterocycles. The molecule has 5 nitrogen and oxygen atoms in total. The van der Waals surface area contributed by atoms with Crippen molar-refractivity contribution >= 4 is 11.9 Å². The van der Waals surface area contributed by atoms with Gasteiger partial charge in [0.05, 0.1) is 13.0 Å². The molecule has 9 atom stereocenters. The molecule has 4 fully saturated rings. The predicted octanol–water partition coefficient (Wildman–Crippen LogP) is 8.20. The van der Waals surface area contributed by atoms with Gasteiger partial charge in [-0.1, -0.05) is 55.4 Å². The Hall–Kier alpha value is -1.10. The number of fused-ring (bicyclic) bond motifs is 5. The zero-order chi connectivity index (χ0) is 30.4. The maximum atomic E-state index is 12.6. The van der Waals surface area contributed by atoms with Gasteiger partial charge in [-0.2, -0.15) is 0 Å². The lowest BCUT2D eigenvalue weighted by Gasteiger charge is -2.71. The Kier molecular flexibility index (Phi) is 9.42. The molecule has 0 aromatic carbocycles. The SMILES string of the molecule is CCOC(=O)CCNCCCC(C)(C)C1CC[C@]2(C)[C@@H]1C(OC(C)=O)CC1[C@@]3(C)CC[C@H](C)C(C)(C)C3CC[C@]12C. The molecule has 41 heavy (non-hydrogen) atoms. The fourth-order valence-corrected chi connectivity index (χ4v) is 11.5. The van der Waals surface area contributed by atoms with Crippen molar-refractivity contribution in [2.75, 3.05) is 19.7 Å². The summed E-state index contributed by atoms with van der Waals surface area (Å²) in [4.78, 5) is 24.3. The molecule has 0 aromatic heterocycles. The molecule has 0 spiro atoms. The van der Waals surface area contributed by atoms with Crippen molar-refractivity contribution in [3.8, 4) is 0 Å². The quantitative estimate of drug-likeness (QED) is 0.211. The first-order valence-electron chi connectivity index (χ1n) is 17.1. The highest BCUT2D eigenvalue weighted by atomic mass is 16.5. The molecule has 0 bridgehead atoms. The van der Waals surface area contributed by atoms with Gasteiger partial charge in [-0.3, -0.25) is 9.59 Å². The van der Waals surface area contributed by atoms with Crippen LogP contribution in [-0.4, -0.2) is 37.7 Å². The predicted molar refractivity (Wildman–Crippen MR) is 166 cm³/mol. The van der Waals surface area contributed by atoms with E-state index in [4.69, 9.17) is 9.47 Å². The normalized spacial score (nSPS) is 41.6. The Bertz CT molecular complexity index is 959. The van der Waals surface area contributed by atoms with E-state index in [9.17, 15) is 9.59 Å². The van der Waals surface area contributed by atoms with Crippen molar-refractivity contribution < 1.29 is 19.1 Å². The second-order valence-electron chi connectivity index (χ2n) is 16.7. The lowest BCUT2D eigenvalue weighted by atomic mass is 9.34. The highest BCUT2D eigenvalue weighted by molar-refractivity contribution is 5.69. The minimum absolute atomic E-state index is 0.0168. The molecule has 0 aliphatic heterocycles. The molecule has 236 valence electrons. The highest BCUT2D eigenvalue weighted by Crippen LogP contribution is 2.76. The molecule has 5 heteroatoms. The molecule has 0 heterocycles. The van der Waals surface area contributed by atoms with Gasteiger partial charge in [-0.05, 0) is 122 Å². The molecule has 0 amide bonds. The van der Waals surface area contributed by atoms with E-state index >= 15 is 0 Å². The van der Waals surface area contributed by atoms with Gasteiger partial charge in [0, 0.05) is 19.4 Å². The number of rotatable bonds is 10. The fraction of sp³-hybridized carbons (Fsp3) is 0.944. The van der Waals surface area contributed by atoms with E-state index in [1.165, 1.54) is 38.5 Å². The van der Waals surface area contributed by atoms with Crippen molar-refractivity contribution in [1.29, 1.82) is 0 Å². The van der Waals surface area contributed by atoms with E-state index in [-0.39, 0.29) is 34.3 Å². The van der Waals surface area contributed by atoms with Crippen LogP contribution < -0.4 is 5.32 Å². The van der Waals surface area contributed by atoms with Crippen LogP contribution >= 0.6 is 0 Å². The summed E-state index contributed by atoms with van der Waals surface area (Å²) < 4.78 is 11.4. The Labute approximate surface area is 252 Å². The minimum atomic E-state index is -0.125. The first kappa shape index (κ1) is 32.8. The summed E-state index contributed by atoms with van der Waals surface area (Å²) >= 11 is 0. The van der Waals surface area contributed by atoms with Crippen molar-refractivity contribution in [2.45, 2.75) is 140 Å². The molecule has 4 aliphatic rings. The lowest BCUT2D eigenvalue weighted by Crippen LogP contribution is -2.66. The second-order valence-corrected chi connectivity index (χ2v) is 16.7. The van der Waals surface area contributed by atoms with Gasteiger partial charge < -0.3 is 14.8 Å². The number of hydrogen-bond acceptors (Lipinski definition) is 5.